The van der Waals surface area contributed by atoms with Crippen LogP contribution in [0.3, 0.4) is 0 Å². The Balaban J connectivity index is 1.99. The SMILES string of the molecule is O=[N+]([O-])c1ccc(C(O)c2c[nH]c3cnccc23)cc1. The minimum absolute atomic E-state index is 0.00377. The normalized spacial score (nSPS) is 12.4. The average Bonchev–Trinajstić information content (AvgIpc) is 2.90. The van der Waals surface area contributed by atoms with E-state index in [1.807, 2.05) is 6.07 Å². The third-order valence-corrected chi connectivity index (χ3v) is 3.23. The number of pyridine rings is 1. The molecule has 0 spiro atoms. The third-order valence-electron chi connectivity index (χ3n) is 3.23. The van der Waals surface area contributed by atoms with Gasteiger partial charge < -0.3 is 10.1 Å². The number of fused-ring (bicyclic) bond motifs is 1. The van der Waals surface area contributed by atoms with E-state index < -0.39 is 11.0 Å². The van der Waals surface area contributed by atoms with E-state index in [1.165, 1.54) is 12.1 Å². The maximum absolute atomic E-state index is 10.6. The quantitative estimate of drug-likeness (QED) is 0.564. The molecular formula is C14H11N3O3. The van der Waals surface area contributed by atoms with Crippen LogP contribution in [0.25, 0.3) is 10.9 Å². The molecule has 6 nitrogen and oxygen atoms in total. The molecule has 2 heterocycles. The maximum atomic E-state index is 10.6. The number of nitro benzene ring substituents is 1. The van der Waals surface area contributed by atoms with Crippen LogP contribution in [0.4, 0.5) is 5.69 Å². The minimum atomic E-state index is -0.841. The zero-order valence-corrected chi connectivity index (χ0v) is 10.4. The summed E-state index contributed by atoms with van der Waals surface area (Å²) in [7, 11) is 0. The topological polar surface area (TPSA) is 92.0 Å². The molecule has 0 aliphatic rings. The van der Waals surface area contributed by atoms with E-state index in [0.717, 1.165) is 16.5 Å². The fourth-order valence-corrected chi connectivity index (χ4v) is 2.18. The average molecular weight is 269 g/mol. The van der Waals surface area contributed by atoms with E-state index in [2.05, 4.69) is 9.97 Å². The number of rotatable bonds is 3. The molecule has 0 fully saturated rings. The Labute approximate surface area is 113 Å². The molecule has 1 aromatic carbocycles. The van der Waals surface area contributed by atoms with Crippen molar-refractivity contribution in [2.75, 3.05) is 0 Å². The number of nitrogens with zero attached hydrogens (tertiary/aromatic N) is 2. The van der Waals surface area contributed by atoms with Crippen LogP contribution in [0, 0.1) is 10.1 Å². The molecular weight excluding hydrogens is 258 g/mol. The first-order valence-corrected chi connectivity index (χ1v) is 6.00. The molecule has 20 heavy (non-hydrogen) atoms. The minimum Gasteiger partial charge on any atom is -0.384 e. The van der Waals surface area contributed by atoms with Gasteiger partial charge in [-0.15, -0.1) is 0 Å². The molecule has 0 saturated carbocycles. The standard InChI is InChI=1S/C14H11N3O3/c18-14(9-1-3-10(4-2-9)17(19)20)12-7-16-13-8-15-6-5-11(12)13/h1-8,14,16,18H. The molecule has 2 aromatic heterocycles. The van der Waals surface area contributed by atoms with Gasteiger partial charge in [-0.3, -0.25) is 15.1 Å². The van der Waals surface area contributed by atoms with E-state index in [0.29, 0.717) is 5.56 Å². The van der Waals surface area contributed by atoms with Crippen molar-refractivity contribution in [3.05, 3.63) is 70.2 Å². The highest BCUT2D eigenvalue weighted by molar-refractivity contribution is 5.83. The maximum Gasteiger partial charge on any atom is 0.269 e. The Kier molecular flexibility index (Phi) is 2.92. The molecule has 6 heteroatoms. The van der Waals surface area contributed by atoms with Crippen molar-refractivity contribution in [1.82, 2.24) is 9.97 Å². The van der Waals surface area contributed by atoms with Gasteiger partial charge in [0.2, 0.25) is 0 Å². The van der Waals surface area contributed by atoms with Crippen LogP contribution in [0.15, 0.2) is 48.9 Å². The summed E-state index contributed by atoms with van der Waals surface area (Å²) in [4.78, 5) is 17.2. The Hall–Kier alpha value is -2.73. The van der Waals surface area contributed by atoms with E-state index in [1.54, 1.807) is 30.7 Å². The van der Waals surface area contributed by atoms with Crippen LogP contribution < -0.4 is 0 Å². The first-order valence-electron chi connectivity index (χ1n) is 6.00. The van der Waals surface area contributed by atoms with Gasteiger partial charge >= 0.3 is 0 Å². The molecule has 1 atom stereocenters. The Morgan fingerprint density at radius 3 is 2.70 bits per heavy atom. The molecule has 0 amide bonds. The monoisotopic (exact) mass is 269 g/mol. The molecule has 3 aromatic rings. The molecule has 0 bridgehead atoms. The number of hydrogen-bond donors (Lipinski definition) is 2. The van der Waals surface area contributed by atoms with E-state index in [9.17, 15) is 15.2 Å². The second-order valence-electron chi connectivity index (χ2n) is 4.42. The van der Waals surface area contributed by atoms with Gasteiger partial charge in [0, 0.05) is 35.5 Å². The van der Waals surface area contributed by atoms with Crippen molar-refractivity contribution in [1.29, 1.82) is 0 Å². The second kappa shape index (κ2) is 4.75. The summed E-state index contributed by atoms with van der Waals surface area (Å²) >= 11 is 0. The summed E-state index contributed by atoms with van der Waals surface area (Å²) in [6.07, 6.45) is 4.22. The highest BCUT2D eigenvalue weighted by atomic mass is 16.6. The van der Waals surface area contributed by atoms with Crippen molar-refractivity contribution in [3.63, 3.8) is 0 Å². The number of aliphatic hydroxyl groups is 1. The summed E-state index contributed by atoms with van der Waals surface area (Å²) < 4.78 is 0. The molecule has 2 N–H and O–H groups in total. The number of aromatic amines is 1. The van der Waals surface area contributed by atoms with Crippen LogP contribution >= 0.6 is 0 Å². The summed E-state index contributed by atoms with van der Waals surface area (Å²) in [5.41, 5.74) is 2.16. The number of benzene rings is 1. The fraction of sp³-hybridized carbons (Fsp3) is 0.0714. The van der Waals surface area contributed by atoms with Crippen molar-refractivity contribution in [2.24, 2.45) is 0 Å². The smallest absolute Gasteiger partial charge is 0.269 e. The summed E-state index contributed by atoms with van der Waals surface area (Å²) in [5.74, 6) is 0. The lowest BCUT2D eigenvalue weighted by Crippen LogP contribution is -1.99. The number of nitro groups is 1. The van der Waals surface area contributed by atoms with Crippen LogP contribution in [-0.4, -0.2) is 20.0 Å². The van der Waals surface area contributed by atoms with Crippen LogP contribution in [-0.2, 0) is 0 Å². The van der Waals surface area contributed by atoms with Gasteiger partial charge in [-0.25, -0.2) is 0 Å². The molecule has 0 saturated heterocycles. The Bertz CT molecular complexity index is 765. The van der Waals surface area contributed by atoms with Gasteiger partial charge in [-0.1, -0.05) is 0 Å². The van der Waals surface area contributed by atoms with Crippen molar-refractivity contribution in [2.45, 2.75) is 6.10 Å². The molecule has 1 unspecified atom stereocenters. The summed E-state index contributed by atoms with van der Waals surface area (Å²) in [5, 5.41) is 21.9. The highest BCUT2D eigenvalue weighted by Crippen LogP contribution is 2.29. The van der Waals surface area contributed by atoms with E-state index in [4.69, 9.17) is 0 Å². The predicted octanol–water partition coefficient (Wildman–Crippen LogP) is 2.55. The lowest BCUT2D eigenvalue weighted by molar-refractivity contribution is -0.384. The van der Waals surface area contributed by atoms with Gasteiger partial charge in [0.1, 0.15) is 6.10 Å². The summed E-state index contributed by atoms with van der Waals surface area (Å²) in [6.45, 7) is 0. The first-order chi connectivity index (χ1) is 9.66. The van der Waals surface area contributed by atoms with E-state index in [-0.39, 0.29) is 5.69 Å². The first kappa shape index (κ1) is 12.3. The molecule has 0 aliphatic carbocycles. The molecule has 100 valence electrons. The molecule has 0 radical (unpaired) electrons. The second-order valence-corrected chi connectivity index (χ2v) is 4.42. The fourth-order valence-electron chi connectivity index (χ4n) is 2.18. The van der Waals surface area contributed by atoms with Gasteiger partial charge in [0.15, 0.2) is 0 Å². The number of nitrogens with one attached hydrogen (secondary N) is 1. The zero-order valence-electron chi connectivity index (χ0n) is 10.4. The third kappa shape index (κ3) is 2.02. The predicted molar refractivity (Wildman–Crippen MR) is 73.3 cm³/mol. The number of aromatic nitrogens is 2. The zero-order chi connectivity index (χ0) is 14.1. The highest BCUT2D eigenvalue weighted by Gasteiger charge is 2.16. The molecule has 0 aliphatic heterocycles. The number of hydrogen-bond acceptors (Lipinski definition) is 4. The molecule has 3 rings (SSSR count). The Morgan fingerprint density at radius 1 is 1.25 bits per heavy atom. The van der Waals surface area contributed by atoms with Crippen LogP contribution in [0.1, 0.15) is 17.2 Å². The number of non-ortho nitro benzene ring substituents is 1. The van der Waals surface area contributed by atoms with Crippen molar-refractivity contribution < 1.29 is 10.0 Å². The van der Waals surface area contributed by atoms with Gasteiger partial charge in [-0.05, 0) is 23.8 Å². The van der Waals surface area contributed by atoms with E-state index >= 15 is 0 Å². The van der Waals surface area contributed by atoms with Crippen LogP contribution in [0.2, 0.25) is 0 Å². The number of H-pyrrole nitrogens is 1. The lowest BCUT2D eigenvalue weighted by Gasteiger charge is -2.09. The lowest BCUT2D eigenvalue weighted by atomic mass is 10.0. The van der Waals surface area contributed by atoms with Gasteiger partial charge in [0.05, 0.1) is 16.6 Å². The van der Waals surface area contributed by atoms with Gasteiger partial charge in [0.25, 0.3) is 5.69 Å². The summed E-state index contributed by atoms with van der Waals surface area (Å²) in [6, 6.07) is 7.70. The number of aliphatic hydroxyl groups excluding tert-OH is 1. The van der Waals surface area contributed by atoms with Crippen molar-refractivity contribution >= 4 is 16.6 Å². The Morgan fingerprint density at radius 2 is 2.00 bits per heavy atom. The van der Waals surface area contributed by atoms with Crippen molar-refractivity contribution in [3.8, 4) is 0 Å². The largest absolute Gasteiger partial charge is 0.384 e. The van der Waals surface area contributed by atoms with Crippen LogP contribution in [0.5, 0.6) is 0 Å². The van der Waals surface area contributed by atoms with Gasteiger partial charge in [-0.2, -0.15) is 0 Å².